The number of primary amides is 1. The normalized spacial score (nSPS) is 19.9. The van der Waals surface area contributed by atoms with Gasteiger partial charge in [0.1, 0.15) is 42.3 Å². The quantitative estimate of drug-likeness (QED) is 0.0406. The molecule has 0 aromatic heterocycles. The third kappa shape index (κ3) is 27.1. The molecule has 0 unspecified atom stereocenters. The number of nitrogens with two attached hydrogens (primary N) is 5. The van der Waals surface area contributed by atoms with Crippen molar-refractivity contribution >= 4 is 82.5 Å². The number of hydrogen-bond acceptors (Lipinski definition) is 15. The molecular formula is C59H98N14O10S. The number of benzene rings is 2. The lowest BCUT2D eigenvalue weighted by Gasteiger charge is -2.30. The maximum absolute atomic E-state index is 15.0. The second-order valence-corrected chi connectivity index (χ2v) is 22.4. The Hall–Kier alpha value is -6.41. The fraction of sp³-hybridized carbons (Fsp3) is 0.661. The van der Waals surface area contributed by atoms with Crippen LogP contribution >= 0.6 is 12.6 Å². The zero-order valence-corrected chi connectivity index (χ0v) is 50.4. The van der Waals surface area contributed by atoms with Crippen molar-refractivity contribution in [1.29, 1.82) is 0 Å². The Labute approximate surface area is 501 Å². The Kier molecular flexibility index (Phi) is 34.9. The Morgan fingerprint density at radius 1 is 0.595 bits per heavy atom. The monoisotopic (exact) mass is 1190 g/mol. The first-order valence-corrected chi connectivity index (χ1v) is 30.8. The van der Waals surface area contributed by atoms with Gasteiger partial charge in [-0.15, -0.1) is 0 Å². The van der Waals surface area contributed by atoms with Gasteiger partial charge in [-0.25, -0.2) is 0 Å². The molecule has 84 heavy (non-hydrogen) atoms. The second kappa shape index (κ2) is 40.8. The highest BCUT2D eigenvalue weighted by atomic mass is 32.1. The molecule has 0 spiro atoms. The van der Waals surface area contributed by atoms with E-state index in [0.29, 0.717) is 128 Å². The number of nitrogens with one attached hydrogen (secondary N) is 8. The van der Waals surface area contributed by atoms with E-state index in [4.69, 9.17) is 28.7 Å². The number of nitrogens with zero attached hydrogens (tertiary/aromatic N) is 1. The number of carbonyl (C=O) groups excluding carboxylic acids is 10. The fourth-order valence-electron chi connectivity index (χ4n) is 9.76. The van der Waals surface area contributed by atoms with E-state index in [1.54, 1.807) is 0 Å². The summed E-state index contributed by atoms with van der Waals surface area (Å²) in [4.78, 5) is 140. The number of fused-ring (bicyclic) bond motifs is 1. The fourth-order valence-corrected chi connectivity index (χ4v) is 10.0. The second-order valence-electron chi connectivity index (χ2n) is 22.1. The maximum Gasteiger partial charge on any atom is 0.245 e. The van der Waals surface area contributed by atoms with Gasteiger partial charge in [0, 0.05) is 38.1 Å². The smallest absolute Gasteiger partial charge is 0.245 e. The molecule has 1 fully saturated rings. The van der Waals surface area contributed by atoms with Gasteiger partial charge in [-0.2, -0.15) is 12.6 Å². The van der Waals surface area contributed by atoms with Crippen LogP contribution in [0.15, 0.2) is 42.5 Å². The number of unbranched alkanes of at least 4 members (excludes halogenated alkanes) is 4. The molecule has 24 nitrogen and oxygen atoms in total. The topological polar surface area (TPSA) is 400 Å². The Bertz CT molecular complexity index is 2420. The van der Waals surface area contributed by atoms with E-state index >= 15 is 4.79 Å². The van der Waals surface area contributed by atoms with Crippen LogP contribution in [0, 0.1) is 5.92 Å². The van der Waals surface area contributed by atoms with Crippen LogP contribution in [0.2, 0.25) is 0 Å². The van der Waals surface area contributed by atoms with Crippen molar-refractivity contribution in [2.45, 2.75) is 191 Å². The molecule has 7 atom stereocenters. The predicted octanol–water partition coefficient (Wildman–Crippen LogP) is 0.442. The van der Waals surface area contributed by atoms with E-state index in [1.807, 2.05) is 56.3 Å². The van der Waals surface area contributed by atoms with Crippen LogP contribution in [0.4, 0.5) is 0 Å². The Morgan fingerprint density at radius 3 is 1.73 bits per heavy atom. The summed E-state index contributed by atoms with van der Waals surface area (Å²) in [6.07, 6.45) is 7.27. The first-order valence-electron chi connectivity index (χ1n) is 30.2. The number of hydrogen-bond donors (Lipinski definition) is 14. The van der Waals surface area contributed by atoms with Crippen molar-refractivity contribution < 1.29 is 47.9 Å². The molecule has 2 aromatic rings. The van der Waals surface area contributed by atoms with Crippen molar-refractivity contribution in [2.24, 2.45) is 34.6 Å². The van der Waals surface area contributed by atoms with Gasteiger partial charge in [0.15, 0.2) is 0 Å². The van der Waals surface area contributed by atoms with Crippen LogP contribution in [-0.4, -0.2) is 158 Å². The molecule has 25 heteroatoms. The van der Waals surface area contributed by atoms with E-state index < -0.39 is 96.1 Å². The van der Waals surface area contributed by atoms with Gasteiger partial charge in [0.25, 0.3) is 0 Å². The molecule has 0 radical (unpaired) electrons. The first-order chi connectivity index (χ1) is 40.3. The molecular weight excluding hydrogens is 1100 g/mol. The summed E-state index contributed by atoms with van der Waals surface area (Å²) in [5.74, 6) is -6.29. The average molecular weight is 1200 g/mol. The summed E-state index contributed by atoms with van der Waals surface area (Å²) in [5.41, 5.74) is 29.6. The Balaban J connectivity index is 2.04. The lowest BCUT2D eigenvalue weighted by molar-refractivity contribution is -0.141. The molecule has 470 valence electrons. The molecule has 18 N–H and O–H groups in total. The number of thiol groups is 1. The van der Waals surface area contributed by atoms with Crippen LogP contribution in [-0.2, 0) is 54.4 Å². The molecule has 2 aromatic carbocycles. The molecule has 1 saturated heterocycles. The van der Waals surface area contributed by atoms with Crippen LogP contribution in [0.25, 0.3) is 10.8 Å². The maximum atomic E-state index is 15.0. The minimum Gasteiger partial charge on any atom is -0.368 e. The minimum absolute atomic E-state index is 0.00395. The van der Waals surface area contributed by atoms with Gasteiger partial charge in [-0.05, 0) is 151 Å². The van der Waals surface area contributed by atoms with Crippen molar-refractivity contribution in [1.82, 2.24) is 47.4 Å². The SMILES string of the molecule is CC(C)[C@@H]1NC(=O)CCCCC(=O)N[C@@H](CCCCN)C(=O)N[C@@H](CCCCN)C(=O)N[C@@H](CCCCN)C(=O)N(CC(=O)N[C@@H](CCCCN)C(=O)N[C@@H](Cc2ccc3ccccc3c2)C(=O)N[C@@H](CS)C(N)=O)CCCCCCNC1=O. The van der Waals surface area contributed by atoms with Gasteiger partial charge in [-0.3, -0.25) is 47.9 Å². The molecule has 0 bridgehead atoms. The van der Waals surface area contributed by atoms with Gasteiger partial charge < -0.3 is 76.1 Å². The van der Waals surface area contributed by atoms with Gasteiger partial charge in [0.2, 0.25) is 59.1 Å². The van der Waals surface area contributed by atoms with Crippen LogP contribution in [0.5, 0.6) is 0 Å². The lowest BCUT2D eigenvalue weighted by atomic mass is 10.00. The zero-order chi connectivity index (χ0) is 61.8. The van der Waals surface area contributed by atoms with Gasteiger partial charge >= 0.3 is 0 Å². The molecule has 3 rings (SSSR count). The van der Waals surface area contributed by atoms with Crippen molar-refractivity contribution in [3.8, 4) is 0 Å². The summed E-state index contributed by atoms with van der Waals surface area (Å²) in [6.45, 7) is 4.70. The van der Waals surface area contributed by atoms with Crippen LogP contribution < -0.4 is 71.2 Å². The van der Waals surface area contributed by atoms with E-state index in [2.05, 4.69) is 55.2 Å². The van der Waals surface area contributed by atoms with Crippen molar-refractivity contribution in [2.75, 3.05) is 51.6 Å². The highest BCUT2D eigenvalue weighted by Gasteiger charge is 2.34. The molecule has 1 aliphatic heterocycles. The third-order valence-corrected chi connectivity index (χ3v) is 15.1. The summed E-state index contributed by atoms with van der Waals surface area (Å²) in [5, 5.41) is 24.3. The van der Waals surface area contributed by atoms with Crippen LogP contribution in [0.3, 0.4) is 0 Å². The van der Waals surface area contributed by atoms with Gasteiger partial charge in [0.05, 0.1) is 6.54 Å². The lowest BCUT2D eigenvalue weighted by Crippen LogP contribution is -2.59. The summed E-state index contributed by atoms with van der Waals surface area (Å²) >= 11 is 4.18. The third-order valence-electron chi connectivity index (χ3n) is 14.7. The molecule has 0 aliphatic carbocycles. The molecule has 1 aliphatic rings. The summed E-state index contributed by atoms with van der Waals surface area (Å²) in [7, 11) is 0. The molecule has 1 heterocycles. The van der Waals surface area contributed by atoms with E-state index in [1.165, 1.54) is 4.90 Å². The van der Waals surface area contributed by atoms with Crippen LogP contribution in [0.1, 0.15) is 148 Å². The summed E-state index contributed by atoms with van der Waals surface area (Å²) in [6, 6.07) is 5.39. The van der Waals surface area contributed by atoms with Gasteiger partial charge in [-0.1, -0.05) is 69.2 Å². The van der Waals surface area contributed by atoms with Crippen molar-refractivity contribution in [3.63, 3.8) is 0 Å². The van der Waals surface area contributed by atoms with Crippen molar-refractivity contribution in [3.05, 3.63) is 48.0 Å². The van der Waals surface area contributed by atoms with E-state index in [9.17, 15) is 43.2 Å². The molecule has 10 amide bonds. The minimum atomic E-state index is -1.25. The summed E-state index contributed by atoms with van der Waals surface area (Å²) < 4.78 is 0. The predicted molar refractivity (Wildman–Crippen MR) is 327 cm³/mol. The van der Waals surface area contributed by atoms with E-state index in [0.717, 1.165) is 10.8 Å². The number of amides is 10. The zero-order valence-electron chi connectivity index (χ0n) is 49.5. The first kappa shape index (κ1) is 71.9. The highest BCUT2D eigenvalue weighted by molar-refractivity contribution is 7.80. The Morgan fingerprint density at radius 2 is 1.13 bits per heavy atom. The highest BCUT2D eigenvalue weighted by Crippen LogP contribution is 2.18. The van der Waals surface area contributed by atoms with E-state index in [-0.39, 0.29) is 75.0 Å². The standard InChI is InChI=1S/C59H98N14O10S/c1-39(2)52-58(82)65-33-17-3-4-18-34-73(37-51(76)67-44(22-10-14-30-61)55(79)70-47(57(81)71-48(38-84)53(64)77)36-40-27-28-41-19-5-6-20-42(41)35-40)59(83)46(24-12-16-32-63)69-56(80)45(23-11-15-31-62)68-54(78)43(21-9-13-29-60)66-49(74)25-7-8-26-50(75)72-52/h5-6,19-20,27-28,35,39,43-48,52,84H,3-4,7-18,21-26,29-34,36-38,60-63H2,1-2H3,(H2,64,77)(H,65,82)(H,66,74)(H,67,76)(H,68,78)(H,69,80)(H,70,79)(H,71,81)(H,72,75)/t43-,44-,45-,46-,47-,48-,52-/m0/s1. The average Bonchev–Trinajstić information content (AvgIpc) is 3.56. The number of carbonyl (C=O) groups is 10. The largest absolute Gasteiger partial charge is 0.368 e. The molecule has 0 saturated carbocycles. The number of rotatable bonds is 28.